The number of rotatable bonds is 9. The van der Waals surface area contributed by atoms with Crippen LogP contribution in [0.15, 0.2) is 84.9 Å². The maximum absolute atomic E-state index is 12.9. The number of nitro groups is 1. The van der Waals surface area contributed by atoms with Crippen LogP contribution in [0.25, 0.3) is 0 Å². The van der Waals surface area contributed by atoms with E-state index in [1.165, 1.54) is 12.1 Å². The highest BCUT2D eigenvalue weighted by molar-refractivity contribution is 5.87. The van der Waals surface area contributed by atoms with Crippen molar-refractivity contribution < 1.29 is 9.72 Å². The van der Waals surface area contributed by atoms with Crippen LogP contribution in [0, 0.1) is 10.1 Å². The predicted octanol–water partition coefficient (Wildman–Crippen LogP) is 4.35. The molecule has 3 aromatic rings. The Morgan fingerprint density at radius 2 is 1.38 bits per heavy atom. The van der Waals surface area contributed by atoms with Gasteiger partial charge in [0.25, 0.3) is 5.69 Å². The second kappa shape index (κ2) is 10.0. The lowest BCUT2D eigenvalue weighted by Crippen LogP contribution is -2.31. The van der Waals surface area contributed by atoms with Crippen molar-refractivity contribution in [1.82, 2.24) is 5.32 Å². The van der Waals surface area contributed by atoms with Crippen molar-refractivity contribution in [2.24, 2.45) is 0 Å². The molecule has 0 unspecified atom stereocenters. The highest BCUT2D eigenvalue weighted by Crippen LogP contribution is 2.24. The second-order valence-corrected chi connectivity index (χ2v) is 6.63. The molecule has 0 aliphatic heterocycles. The van der Waals surface area contributed by atoms with Gasteiger partial charge in [0.2, 0.25) is 5.91 Å². The van der Waals surface area contributed by atoms with Crippen LogP contribution in [-0.2, 0) is 4.79 Å². The van der Waals surface area contributed by atoms with Crippen LogP contribution in [0.1, 0.15) is 23.5 Å². The Morgan fingerprint density at radius 3 is 1.90 bits per heavy atom. The molecule has 0 aliphatic carbocycles. The summed E-state index contributed by atoms with van der Waals surface area (Å²) in [5.74, 6) is -0.377. The highest BCUT2D eigenvalue weighted by atomic mass is 16.6. The number of anilines is 1. The van der Waals surface area contributed by atoms with Crippen LogP contribution in [0.5, 0.6) is 0 Å². The fourth-order valence-corrected chi connectivity index (χ4v) is 3.12. The number of nitrogens with one attached hydrogen (secondary N) is 2. The van der Waals surface area contributed by atoms with Gasteiger partial charge in [0.15, 0.2) is 0 Å². The van der Waals surface area contributed by atoms with Crippen LogP contribution in [-0.4, -0.2) is 23.9 Å². The molecule has 3 aromatic carbocycles. The third-order valence-electron chi connectivity index (χ3n) is 4.59. The van der Waals surface area contributed by atoms with E-state index in [9.17, 15) is 14.9 Å². The van der Waals surface area contributed by atoms with Gasteiger partial charge in [0.05, 0.1) is 10.8 Å². The van der Waals surface area contributed by atoms with Gasteiger partial charge in [-0.1, -0.05) is 60.7 Å². The summed E-state index contributed by atoms with van der Waals surface area (Å²) in [5.41, 5.74) is 2.80. The van der Waals surface area contributed by atoms with E-state index in [-0.39, 0.29) is 17.5 Å². The number of nitrogens with zero attached hydrogens (tertiary/aromatic N) is 1. The first kappa shape index (κ1) is 20.1. The van der Waals surface area contributed by atoms with Gasteiger partial charge < -0.3 is 10.6 Å². The number of amides is 1. The van der Waals surface area contributed by atoms with Crippen LogP contribution in [0.3, 0.4) is 0 Å². The molecule has 0 radical (unpaired) electrons. The van der Waals surface area contributed by atoms with Crippen molar-refractivity contribution in [2.75, 3.05) is 18.4 Å². The molecule has 1 amide bonds. The summed E-state index contributed by atoms with van der Waals surface area (Å²) < 4.78 is 0. The van der Waals surface area contributed by atoms with E-state index in [0.717, 1.165) is 23.2 Å². The Balaban J connectivity index is 1.52. The minimum Gasteiger partial charge on any atom is -0.385 e. The van der Waals surface area contributed by atoms with Crippen molar-refractivity contribution >= 4 is 17.3 Å². The molecule has 0 saturated carbocycles. The van der Waals surface area contributed by atoms with Gasteiger partial charge >= 0.3 is 0 Å². The van der Waals surface area contributed by atoms with E-state index < -0.39 is 4.92 Å². The first-order chi connectivity index (χ1) is 14.1. The SMILES string of the molecule is O=C(NCCCNc1ccc([N+](=O)[O-])cc1)C(c1ccccc1)c1ccccc1. The van der Waals surface area contributed by atoms with Crippen molar-refractivity contribution in [3.63, 3.8) is 0 Å². The van der Waals surface area contributed by atoms with Crippen LogP contribution in [0.4, 0.5) is 11.4 Å². The zero-order valence-electron chi connectivity index (χ0n) is 16.0. The molecule has 0 aliphatic rings. The summed E-state index contributed by atoms with van der Waals surface area (Å²) in [6, 6.07) is 25.8. The van der Waals surface area contributed by atoms with Crippen molar-refractivity contribution in [1.29, 1.82) is 0 Å². The van der Waals surface area contributed by atoms with E-state index in [1.807, 2.05) is 60.7 Å². The minimum absolute atomic E-state index is 0.0299. The molecule has 0 spiro atoms. The first-order valence-electron chi connectivity index (χ1n) is 9.51. The van der Waals surface area contributed by atoms with Gasteiger partial charge in [0.1, 0.15) is 0 Å². The molecule has 0 saturated heterocycles. The smallest absolute Gasteiger partial charge is 0.269 e. The molecule has 0 atom stereocenters. The number of hydrogen-bond acceptors (Lipinski definition) is 4. The Kier molecular flexibility index (Phi) is 6.95. The Bertz CT molecular complexity index is 889. The summed E-state index contributed by atoms with van der Waals surface area (Å²) in [6.45, 7) is 1.19. The molecule has 0 bridgehead atoms. The number of non-ortho nitro benzene ring substituents is 1. The molecule has 0 fully saturated rings. The molecule has 6 nitrogen and oxygen atoms in total. The average Bonchev–Trinajstić information content (AvgIpc) is 2.75. The van der Waals surface area contributed by atoms with Gasteiger partial charge in [-0.15, -0.1) is 0 Å². The lowest BCUT2D eigenvalue weighted by molar-refractivity contribution is -0.384. The molecule has 2 N–H and O–H groups in total. The molecule has 29 heavy (non-hydrogen) atoms. The van der Waals surface area contributed by atoms with Crippen LogP contribution >= 0.6 is 0 Å². The minimum atomic E-state index is -0.421. The lowest BCUT2D eigenvalue weighted by Gasteiger charge is -2.18. The highest BCUT2D eigenvalue weighted by Gasteiger charge is 2.21. The monoisotopic (exact) mass is 389 g/mol. The summed E-state index contributed by atoms with van der Waals surface area (Å²) in [7, 11) is 0. The van der Waals surface area contributed by atoms with Gasteiger partial charge in [-0.3, -0.25) is 14.9 Å². The number of carbonyl (C=O) groups excluding carboxylic acids is 1. The average molecular weight is 389 g/mol. The van der Waals surface area contributed by atoms with Crippen LogP contribution in [0.2, 0.25) is 0 Å². The summed E-state index contributed by atoms with van der Waals surface area (Å²) in [4.78, 5) is 23.1. The van der Waals surface area contributed by atoms with E-state index in [1.54, 1.807) is 12.1 Å². The van der Waals surface area contributed by atoms with Crippen molar-refractivity contribution in [2.45, 2.75) is 12.3 Å². The Labute approximate surface area is 169 Å². The molecule has 6 heteroatoms. The first-order valence-corrected chi connectivity index (χ1v) is 9.51. The standard InChI is InChI=1S/C23H23N3O3/c27-23(22(18-8-3-1-4-9-18)19-10-5-2-6-11-19)25-17-7-16-24-20-12-14-21(15-13-20)26(28)29/h1-6,8-15,22,24H,7,16-17H2,(H,25,27). The fraction of sp³-hybridized carbons (Fsp3) is 0.174. The number of hydrogen-bond donors (Lipinski definition) is 2. The Morgan fingerprint density at radius 1 is 0.828 bits per heavy atom. The third kappa shape index (κ3) is 5.65. The van der Waals surface area contributed by atoms with Crippen LogP contribution < -0.4 is 10.6 Å². The zero-order valence-corrected chi connectivity index (χ0v) is 16.0. The van der Waals surface area contributed by atoms with E-state index in [4.69, 9.17) is 0 Å². The summed E-state index contributed by atoms with van der Waals surface area (Å²) in [5, 5.41) is 16.9. The lowest BCUT2D eigenvalue weighted by atomic mass is 9.90. The quantitative estimate of drug-likeness (QED) is 0.324. The molecule has 0 aromatic heterocycles. The molecular weight excluding hydrogens is 366 g/mol. The molecule has 3 rings (SSSR count). The van der Waals surface area contributed by atoms with Gasteiger partial charge in [-0.25, -0.2) is 0 Å². The van der Waals surface area contributed by atoms with Crippen molar-refractivity contribution in [3.05, 3.63) is 106 Å². The van der Waals surface area contributed by atoms with E-state index in [0.29, 0.717) is 13.1 Å². The number of benzene rings is 3. The molecule has 0 heterocycles. The summed E-state index contributed by atoms with van der Waals surface area (Å²) >= 11 is 0. The maximum Gasteiger partial charge on any atom is 0.269 e. The fourth-order valence-electron chi connectivity index (χ4n) is 3.12. The van der Waals surface area contributed by atoms with Crippen molar-refractivity contribution in [3.8, 4) is 0 Å². The Hall–Kier alpha value is -3.67. The topological polar surface area (TPSA) is 84.3 Å². The normalized spacial score (nSPS) is 10.5. The summed E-state index contributed by atoms with van der Waals surface area (Å²) in [6.07, 6.45) is 0.735. The van der Waals surface area contributed by atoms with Gasteiger partial charge in [-0.05, 0) is 29.7 Å². The van der Waals surface area contributed by atoms with Gasteiger partial charge in [-0.2, -0.15) is 0 Å². The second-order valence-electron chi connectivity index (χ2n) is 6.63. The third-order valence-corrected chi connectivity index (χ3v) is 4.59. The number of carbonyl (C=O) groups is 1. The van der Waals surface area contributed by atoms with Gasteiger partial charge in [0, 0.05) is 30.9 Å². The number of nitro benzene ring substituents is 1. The predicted molar refractivity (Wildman–Crippen MR) is 114 cm³/mol. The van der Waals surface area contributed by atoms with E-state index in [2.05, 4.69) is 10.6 Å². The molecular formula is C23H23N3O3. The zero-order chi connectivity index (χ0) is 20.5. The largest absolute Gasteiger partial charge is 0.385 e. The maximum atomic E-state index is 12.9. The van der Waals surface area contributed by atoms with E-state index >= 15 is 0 Å². The molecule has 148 valence electrons.